The number of aliphatic carboxylic acids is 1. The fraction of sp³-hybridized carbons (Fsp3) is 0.286. The van der Waals surface area contributed by atoms with E-state index in [1.165, 1.54) is 11.3 Å². The maximum absolute atomic E-state index is 10.8. The van der Waals surface area contributed by atoms with Gasteiger partial charge in [0.05, 0.1) is 12.1 Å². The fourth-order valence-corrected chi connectivity index (χ4v) is 3.00. The number of aromatic nitrogens is 1. The zero-order valence-corrected chi connectivity index (χ0v) is 11.8. The molecule has 0 fully saturated rings. The number of carboxylic acids is 1. The molecule has 0 spiro atoms. The van der Waals surface area contributed by atoms with Crippen molar-refractivity contribution in [3.63, 3.8) is 0 Å². The molecule has 2 aromatic rings. The lowest BCUT2D eigenvalue weighted by molar-refractivity contribution is -0.136. The Morgan fingerprint density at radius 3 is 2.63 bits per heavy atom. The summed E-state index contributed by atoms with van der Waals surface area (Å²) < 4.78 is 0. The van der Waals surface area contributed by atoms with E-state index < -0.39 is 5.97 Å². The van der Waals surface area contributed by atoms with E-state index in [2.05, 4.69) is 16.8 Å². The van der Waals surface area contributed by atoms with Gasteiger partial charge in [-0.15, -0.1) is 11.3 Å². The molecule has 2 rings (SSSR count). The smallest absolute Gasteiger partial charge is 0.308 e. The molecule has 0 aliphatic heterocycles. The van der Waals surface area contributed by atoms with Crippen molar-refractivity contribution in [2.45, 2.75) is 20.3 Å². The minimum atomic E-state index is -0.818. The van der Waals surface area contributed by atoms with Gasteiger partial charge in [0.2, 0.25) is 0 Å². The molecular formula is C14H16N2O2S. The number of hydrogen-bond donors (Lipinski definition) is 1. The summed E-state index contributed by atoms with van der Waals surface area (Å²) in [5.74, 6) is -0.818. The molecule has 0 bridgehead atoms. The summed E-state index contributed by atoms with van der Waals surface area (Å²) >= 11 is 1.45. The first-order valence-electron chi connectivity index (χ1n) is 6.12. The van der Waals surface area contributed by atoms with Gasteiger partial charge >= 0.3 is 5.97 Å². The van der Waals surface area contributed by atoms with Crippen LogP contribution in [0.4, 0.5) is 10.8 Å². The van der Waals surface area contributed by atoms with Crippen molar-refractivity contribution >= 4 is 28.1 Å². The summed E-state index contributed by atoms with van der Waals surface area (Å²) in [4.78, 5) is 18.2. The fourth-order valence-electron chi connectivity index (χ4n) is 1.87. The first-order chi connectivity index (χ1) is 9.11. The minimum Gasteiger partial charge on any atom is -0.481 e. The van der Waals surface area contributed by atoms with Gasteiger partial charge in [-0.1, -0.05) is 18.2 Å². The molecule has 0 radical (unpaired) electrons. The van der Waals surface area contributed by atoms with Crippen LogP contribution in [-0.4, -0.2) is 22.6 Å². The second-order valence-corrected chi connectivity index (χ2v) is 5.22. The quantitative estimate of drug-likeness (QED) is 0.911. The number of carbonyl (C=O) groups is 1. The van der Waals surface area contributed by atoms with Gasteiger partial charge in [0, 0.05) is 17.1 Å². The Morgan fingerprint density at radius 1 is 1.37 bits per heavy atom. The third kappa shape index (κ3) is 3.12. The normalized spacial score (nSPS) is 10.4. The van der Waals surface area contributed by atoms with Crippen LogP contribution in [0, 0.1) is 6.92 Å². The highest BCUT2D eigenvalue weighted by Crippen LogP contribution is 2.31. The van der Waals surface area contributed by atoms with Crippen molar-refractivity contribution in [2.75, 3.05) is 11.4 Å². The molecule has 100 valence electrons. The van der Waals surface area contributed by atoms with E-state index in [0.29, 0.717) is 0 Å². The summed E-state index contributed by atoms with van der Waals surface area (Å²) in [5.41, 5.74) is 1.87. The summed E-state index contributed by atoms with van der Waals surface area (Å²) in [7, 11) is 0. The number of para-hydroxylation sites is 1. The molecule has 1 N–H and O–H groups in total. The number of carboxylic acid groups (broad SMARTS) is 1. The monoisotopic (exact) mass is 276 g/mol. The van der Waals surface area contributed by atoms with E-state index in [9.17, 15) is 4.79 Å². The summed E-state index contributed by atoms with van der Waals surface area (Å²) in [5, 5.41) is 9.73. The molecule has 0 saturated carbocycles. The second-order valence-electron chi connectivity index (χ2n) is 4.16. The highest BCUT2D eigenvalue weighted by molar-refractivity contribution is 7.15. The molecule has 0 saturated heterocycles. The highest BCUT2D eigenvalue weighted by atomic mass is 32.1. The Labute approximate surface area is 116 Å². The van der Waals surface area contributed by atoms with Crippen molar-refractivity contribution in [2.24, 2.45) is 0 Å². The third-order valence-electron chi connectivity index (χ3n) is 2.81. The molecule has 5 heteroatoms. The Hall–Kier alpha value is -1.88. The van der Waals surface area contributed by atoms with Crippen molar-refractivity contribution in [1.82, 2.24) is 4.98 Å². The van der Waals surface area contributed by atoms with E-state index >= 15 is 0 Å². The van der Waals surface area contributed by atoms with E-state index in [1.807, 2.05) is 37.3 Å². The highest BCUT2D eigenvalue weighted by Gasteiger charge is 2.16. The number of benzene rings is 1. The Balaban J connectivity index is 2.32. The van der Waals surface area contributed by atoms with Gasteiger partial charge < -0.3 is 10.0 Å². The van der Waals surface area contributed by atoms with E-state index in [4.69, 9.17) is 5.11 Å². The molecular weight excluding hydrogens is 260 g/mol. The summed E-state index contributed by atoms with van der Waals surface area (Å²) in [6.45, 7) is 4.71. The van der Waals surface area contributed by atoms with E-state index in [-0.39, 0.29) is 6.42 Å². The Morgan fingerprint density at radius 2 is 2.05 bits per heavy atom. The predicted octanol–water partition coefficient (Wildman–Crippen LogP) is 3.24. The Bertz CT molecular complexity index is 566. The zero-order chi connectivity index (χ0) is 13.8. The van der Waals surface area contributed by atoms with Crippen LogP contribution in [-0.2, 0) is 11.2 Å². The lowest BCUT2D eigenvalue weighted by atomic mass is 10.3. The van der Waals surface area contributed by atoms with Gasteiger partial charge in [0.15, 0.2) is 5.13 Å². The molecule has 1 aromatic heterocycles. The Kier molecular flexibility index (Phi) is 4.16. The largest absolute Gasteiger partial charge is 0.481 e. The van der Waals surface area contributed by atoms with Gasteiger partial charge in [0.25, 0.3) is 0 Å². The molecule has 0 atom stereocenters. The van der Waals surface area contributed by atoms with Crippen LogP contribution in [0.3, 0.4) is 0 Å². The average Bonchev–Trinajstić information content (AvgIpc) is 2.72. The number of nitrogens with zero attached hydrogens (tertiary/aromatic N) is 2. The van der Waals surface area contributed by atoms with Gasteiger partial charge in [0.1, 0.15) is 0 Å². The molecule has 0 aliphatic carbocycles. The minimum absolute atomic E-state index is 0.0375. The maximum atomic E-state index is 10.8. The topological polar surface area (TPSA) is 53.4 Å². The number of rotatable bonds is 5. The number of anilines is 2. The number of aryl methyl sites for hydroxylation is 1. The lowest BCUT2D eigenvalue weighted by Gasteiger charge is -2.19. The maximum Gasteiger partial charge on any atom is 0.308 e. The van der Waals surface area contributed by atoms with Gasteiger partial charge in [-0.3, -0.25) is 4.79 Å². The number of thiazole rings is 1. The van der Waals surface area contributed by atoms with E-state index in [0.717, 1.165) is 27.9 Å². The standard InChI is InChI=1S/C14H16N2O2S/c1-3-16(11-7-5-4-6-8-11)14-15-10(2)12(19-14)9-13(17)18/h4-8H,3,9H2,1-2H3,(H,17,18). The van der Waals surface area contributed by atoms with Crippen molar-refractivity contribution in [3.8, 4) is 0 Å². The number of hydrogen-bond acceptors (Lipinski definition) is 4. The van der Waals surface area contributed by atoms with Gasteiger partial charge in [-0.25, -0.2) is 4.98 Å². The first kappa shape index (κ1) is 13.5. The second kappa shape index (κ2) is 5.84. The lowest BCUT2D eigenvalue weighted by Crippen LogP contribution is -2.15. The van der Waals surface area contributed by atoms with Gasteiger partial charge in [-0.05, 0) is 26.0 Å². The molecule has 0 unspecified atom stereocenters. The van der Waals surface area contributed by atoms with Crippen molar-refractivity contribution < 1.29 is 9.90 Å². The zero-order valence-electron chi connectivity index (χ0n) is 11.0. The molecule has 4 nitrogen and oxygen atoms in total. The van der Waals surface area contributed by atoms with Crippen LogP contribution >= 0.6 is 11.3 Å². The molecule has 0 amide bonds. The average molecular weight is 276 g/mol. The summed E-state index contributed by atoms with van der Waals surface area (Å²) in [6.07, 6.45) is 0.0375. The van der Waals surface area contributed by atoms with Crippen LogP contribution in [0.25, 0.3) is 0 Å². The van der Waals surface area contributed by atoms with Crippen LogP contribution in [0.1, 0.15) is 17.5 Å². The molecule has 1 heterocycles. The van der Waals surface area contributed by atoms with Crippen LogP contribution in [0.2, 0.25) is 0 Å². The van der Waals surface area contributed by atoms with E-state index in [1.54, 1.807) is 0 Å². The van der Waals surface area contributed by atoms with Crippen LogP contribution in [0.15, 0.2) is 30.3 Å². The SMILES string of the molecule is CCN(c1ccccc1)c1nc(C)c(CC(=O)O)s1. The summed E-state index contributed by atoms with van der Waals surface area (Å²) in [6, 6.07) is 9.99. The van der Waals surface area contributed by atoms with Gasteiger partial charge in [-0.2, -0.15) is 0 Å². The third-order valence-corrected chi connectivity index (χ3v) is 3.99. The molecule has 19 heavy (non-hydrogen) atoms. The van der Waals surface area contributed by atoms with Crippen molar-refractivity contribution in [3.05, 3.63) is 40.9 Å². The van der Waals surface area contributed by atoms with Crippen molar-refractivity contribution in [1.29, 1.82) is 0 Å². The molecule has 1 aromatic carbocycles. The molecule has 0 aliphatic rings. The predicted molar refractivity (Wildman–Crippen MR) is 77.3 cm³/mol. The van der Waals surface area contributed by atoms with Crippen LogP contribution in [0.5, 0.6) is 0 Å². The first-order valence-corrected chi connectivity index (χ1v) is 6.94. The van der Waals surface area contributed by atoms with Crippen LogP contribution < -0.4 is 4.90 Å².